The number of pyridine rings is 2. The quantitative estimate of drug-likeness (QED) is 0.122. The summed E-state index contributed by atoms with van der Waals surface area (Å²) in [5.41, 5.74) is 12.7. The molecule has 0 unspecified atom stereocenters. The highest BCUT2D eigenvalue weighted by Crippen LogP contribution is 2.39. The number of benzene rings is 7. The van der Waals surface area contributed by atoms with E-state index in [9.17, 15) is 0 Å². The predicted molar refractivity (Wildman–Crippen MR) is 269 cm³/mol. The van der Waals surface area contributed by atoms with E-state index in [0.29, 0.717) is 0 Å². The lowest BCUT2D eigenvalue weighted by Crippen LogP contribution is -2.11. The van der Waals surface area contributed by atoms with Crippen molar-refractivity contribution in [1.82, 2.24) is 9.97 Å². The number of hydrogen-bond acceptors (Lipinski definition) is 6. The Balaban J connectivity index is 0.806. The monoisotopic (exact) mass is 850 g/mol. The van der Waals surface area contributed by atoms with Gasteiger partial charge in [0.15, 0.2) is 0 Å². The first kappa shape index (κ1) is 39.8. The molecule has 0 bridgehead atoms. The SMILES string of the molecule is c1ccc(-c2ccc(-c3ccc(N(c4ccc(-c5ccc(-c6ccc(N(c7ccc(-c8ccc(-c9ccccc9)o8)cc7)c7ccccn7)cc6)cc5)cc4)c4ccccn4)cc3)o2)cc1. The van der Waals surface area contributed by atoms with Crippen molar-refractivity contribution in [2.24, 2.45) is 0 Å². The number of hydrogen-bond donors (Lipinski definition) is 0. The lowest BCUT2D eigenvalue weighted by molar-refractivity contribution is 0.597. The number of rotatable bonds is 12. The first-order chi connectivity index (χ1) is 32.7. The molecule has 11 rings (SSSR count). The Labute approximate surface area is 384 Å². The van der Waals surface area contributed by atoms with Crippen LogP contribution >= 0.6 is 0 Å². The first-order valence-corrected chi connectivity index (χ1v) is 21.9. The molecule has 6 heteroatoms. The van der Waals surface area contributed by atoms with Crippen LogP contribution in [0.4, 0.5) is 34.4 Å². The van der Waals surface area contributed by atoms with E-state index in [4.69, 9.17) is 18.8 Å². The Hall–Kier alpha value is -9.00. The molecular weight excluding hydrogens is 809 g/mol. The summed E-state index contributed by atoms with van der Waals surface area (Å²) in [4.78, 5) is 13.8. The average Bonchev–Trinajstić information content (AvgIpc) is 4.11. The van der Waals surface area contributed by atoms with Crippen LogP contribution in [0.3, 0.4) is 0 Å². The molecular formula is C60H42N4O2. The molecule has 0 radical (unpaired) electrons. The van der Waals surface area contributed by atoms with E-state index >= 15 is 0 Å². The Bertz CT molecular complexity index is 3070. The molecule has 0 spiro atoms. The largest absolute Gasteiger partial charge is 0.456 e. The van der Waals surface area contributed by atoms with Gasteiger partial charge in [-0.15, -0.1) is 0 Å². The molecule has 0 aliphatic carbocycles. The summed E-state index contributed by atoms with van der Waals surface area (Å²) in [6, 6.07) is 83.3. The highest BCUT2D eigenvalue weighted by molar-refractivity contribution is 5.81. The molecule has 0 amide bonds. The van der Waals surface area contributed by atoms with Gasteiger partial charge in [0, 0.05) is 57.4 Å². The summed E-state index contributed by atoms with van der Waals surface area (Å²) in [6.07, 6.45) is 3.65. The fraction of sp³-hybridized carbons (Fsp3) is 0. The third-order valence-electron chi connectivity index (χ3n) is 11.7. The second-order valence-electron chi connectivity index (χ2n) is 15.9. The summed E-state index contributed by atoms with van der Waals surface area (Å²) in [7, 11) is 0. The normalized spacial score (nSPS) is 11.0. The summed E-state index contributed by atoms with van der Waals surface area (Å²) < 4.78 is 12.5. The summed E-state index contributed by atoms with van der Waals surface area (Å²) in [6.45, 7) is 0. The van der Waals surface area contributed by atoms with E-state index in [-0.39, 0.29) is 0 Å². The molecule has 7 aromatic carbocycles. The zero-order chi connectivity index (χ0) is 44.1. The van der Waals surface area contributed by atoms with Crippen molar-refractivity contribution in [3.63, 3.8) is 0 Å². The Morgan fingerprint density at radius 1 is 0.227 bits per heavy atom. The van der Waals surface area contributed by atoms with E-state index in [1.54, 1.807) is 0 Å². The first-order valence-electron chi connectivity index (χ1n) is 21.9. The summed E-state index contributed by atoms with van der Waals surface area (Å²) in [5.74, 6) is 5.02. The minimum Gasteiger partial charge on any atom is -0.456 e. The Morgan fingerprint density at radius 2 is 0.485 bits per heavy atom. The van der Waals surface area contributed by atoms with Crippen molar-refractivity contribution < 1.29 is 8.83 Å². The smallest absolute Gasteiger partial charge is 0.137 e. The van der Waals surface area contributed by atoms with Crippen LogP contribution in [0.1, 0.15) is 0 Å². The van der Waals surface area contributed by atoms with Crippen LogP contribution in [-0.4, -0.2) is 9.97 Å². The van der Waals surface area contributed by atoms with Crippen molar-refractivity contribution >= 4 is 34.4 Å². The molecule has 0 fully saturated rings. The van der Waals surface area contributed by atoms with E-state index < -0.39 is 0 Å². The lowest BCUT2D eigenvalue weighted by atomic mass is 9.99. The van der Waals surface area contributed by atoms with E-state index in [2.05, 4.69) is 155 Å². The number of furan rings is 2. The maximum Gasteiger partial charge on any atom is 0.137 e. The van der Waals surface area contributed by atoms with Gasteiger partial charge < -0.3 is 8.83 Å². The highest BCUT2D eigenvalue weighted by atomic mass is 16.3. The number of nitrogens with zero attached hydrogens (tertiary/aromatic N) is 4. The Morgan fingerprint density at radius 3 is 0.773 bits per heavy atom. The molecule has 11 aromatic rings. The number of aromatic nitrogens is 2. The standard InChI is InChI=1S/C60H42N4O2/c1-3-11-47(12-4-1)55-37-39-57(65-55)49-25-33-53(34-26-49)63(59-15-7-9-41-61-59)51-29-21-45(22-30-51)43-17-19-44(20-18-43)46-23-31-52(32-24-46)64(60-16-8-10-42-62-60)54-35-27-50(28-36-54)58-40-38-56(66-58)48-13-5-2-6-14-48/h1-42H. The van der Waals surface area contributed by atoms with Crippen molar-refractivity contribution in [2.75, 3.05) is 9.80 Å². The van der Waals surface area contributed by atoms with Gasteiger partial charge in [0.2, 0.25) is 0 Å². The van der Waals surface area contributed by atoms with Gasteiger partial charge in [0.05, 0.1) is 0 Å². The highest BCUT2D eigenvalue weighted by Gasteiger charge is 2.17. The third kappa shape index (κ3) is 8.30. The van der Waals surface area contributed by atoms with Crippen LogP contribution in [0.25, 0.3) is 67.5 Å². The average molecular weight is 851 g/mol. The van der Waals surface area contributed by atoms with Gasteiger partial charge >= 0.3 is 0 Å². The summed E-state index contributed by atoms with van der Waals surface area (Å²) >= 11 is 0. The summed E-state index contributed by atoms with van der Waals surface area (Å²) in [5, 5.41) is 0. The molecule has 0 N–H and O–H groups in total. The van der Waals surface area contributed by atoms with Gasteiger partial charge in [-0.05, 0) is 144 Å². The second kappa shape index (κ2) is 18.0. The zero-order valence-electron chi connectivity index (χ0n) is 35.9. The van der Waals surface area contributed by atoms with Gasteiger partial charge in [-0.1, -0.05) is 121 Å². The maximum absolute atomic E-state index is 6.25. The molecule has 0 aliphatic heterocycles. The van der Waals surface area contributed by atoms with Crippen molar-refractivity contribution in [1.29, 1.82) is 0 Å². The van der Waals surface area contributed by atoms with Crippen molar-refractivity contribution in [2.45, 2.75) is 0 Å². The molecule has 314 valence electrons. The second-order valence-corrected chi connectivity index (χ2v) is 15.9. The van der Waals surface area contributed by atoms with E-state index in [1.807, 2.05) is 109 Å². The van der Waals surface area contributed by atoms with Crippen LogP contribution in [0.2, 0.25) is 0 Å². The van der Waals surface area contributed by atoms with Crippen LogP contribution in [0.5, 0.6) is 0 Å². The molecule has 0 saturated heterocycles. The minimum absolute atomic E-state index is 0.826. The van der Waals surface area contributed by atoms with Crippen molar-refractivity contribution in [3.8, 4) is 67.5 Å². The van der Waals surface area contributed by atoms with Crippen LogP contribution in [0, 0.1) is 0 Å². The minimum atomic E-state index is 0.826. The van der Waals surface area contributed by atoms with Gasteiger partial charge in [-0.2, -0.15) is 0 Å². The fourth-order valence-electron chi connectivity index (χ4n) is 8.31. The molecule has 4 heterocycles. The molecule has 6 nitrogen and oxygen atoms in total. The fourth-order valence-corrected chi connectivity index (χ4v) is 8.31. The predicted octanol–water partition coefficient (Wildman–Crippen LogP) is 16.6. The molecule has 0 saturated carbocycles. The van der Waals surface area contributed by atoms with E-state index in [0.717, 1.165) is 102 Å². The van der Waals surface area contributed by atoms with Crippen LogP contribution in [0.15, 0.2) is 264 Å². The van der Waals surface area contributed by atoms with Crippen LogP contribution < -0.4 is 9.80 Å². The lowest BCUT2D eigenvalue weighted by Gasteiger charge is -2.24. The third-order valence-corrected chi connectivity index (χ3v) is 11.7. The van der Waals surface area contributed by atoms with Crippen molar-refractivity contribution in [3.05, 3.63) is 255 Å². The van der Waals surface area contributed by atoms with Gasteiger partial charge in [0.25, 0.3) is 0 Å². The molecule has 0 aliphatic rings. The van der Waals surface area contributed by atoms with Gasteiger partial charge in [0.1, 0.15) is 34.7 Å². The maximum atomic E-state index is 6.25. The molecule has 4 aromatic heterocycles. The number of anilines is 6. The topological polar surface area (TPSA) is 58.5 Å². The van der Waals surface area contributed by atoms with E-state index in [1.165, 1.54) is 0 Å². The van der Waals surface area contributed by atoms with Gasteiger partial charge in [-0.25, -0.2) is 9.97 Å². The molecule has 0 atom stereocenters. The Kier molecular flexibility index (Phi) is 10.9. The molecule has 66 heavy (non-hydrogen) atoms. The zero-order valence-corrected chi connectivity index (χ0v) is 35.9. The van der Waals surface area contributed by atoms with Gasteiger partial charge in [-0.3, -0.25) is 9.80 Å². The van der Waals surface area contributed by atoms with Crippen LogP contribution in [-0.2, 0) is 0 Å².